The third-order valence-electron chi connectivity index (χ3n) is 7.18. The van der Waals surface area contributed by atoms with Gasteiger partial charge in [0.25, 0.3) is 10.0 Å². The molecule has 2 atom stereocenters. The summed E-state index contributed by atoms with van der Waals surface area (Å²) < 4.78 is 28.0. The molecule has 0 fully saturated rings. The zero-order valence-electron chi connectivity index (χ0n) is 22.3. The minimum atomic E-state index is -3.71. The second-order valence-corrected chi connectivity index (χ2v) is 12.5. The molecule has 2 amide bonds. The van der Waals surface area contributed by atoms with E-state index in [-0.39, 0.29) is 48.7 Å². The van der Waals surface area contributed by atoms with Crippen LogP contribution in [0.3, 0.4) is 0 Å². The van der Waals surface area contributed by atoms with Crippen molar-refractivity contribution in [3.8, 4) is 0 Å². The van der Waals surface area contributed by atoms with Gasteiger partial charge in [-0.3, -0.25) is 13.9 Å². The van der Waals surface area contributed by atoms with Gasteiger partial charge in [0.15, 0.2) is 0 Å². The van der Waals surface area contributed by atoms with E-state index in [4.69, 9.17) is 23.2 Å². The van der Waals surface area contributed by atoms with Gasteiger partial charge in [-0.1, -0.05) is 67.4 Å². The van der Waals surface area contributed by atoms with E-state index in [0.29, 0.717) is 33.1 Å². The summed E-state index contributed by atoms with van der Waals surface area (Å²) >= 11 is 12.5. The van der Waals surface area contributed by atoms with Gasteiger partial charge in [-0.15, -0.1) is 0 Å². The summed E-state index contributed by atoms with van der Waals surface area (Å²) in [7, 11) is -3.71. The topological polar surface area (TPSA) is 86.8 Å². The number of nitrogens with one attached hydrogen (secondary N) is 1. The first kappa shape index (κ1) is 29.2. The average Bonchev–Trinajstić information content (AvgIpc) is 3.12. The van der Waals surface area contributed by atoms with Crippen LogP contribution in [0, 0.1) is 0 Å². The quantitative estimate of drug-likeness (QED) is 0.290. The fraction of sp³-hybridized carbons (Fsp3) is 0.379. The Morgan fingerprint density at radius 1 is 1.03 bits per heavy atom. The number of halogens is 2. The van der Waals surface area contributed by atoms with Crippen LogP contribution in [-0.4, -0.2) is 43.8 Å². The highest BCUT2D eigenvalue weighted by Crippen LogP contribution is 2.42. The number of sulfonamides is 1. The van der Waals surface area contributed by atoms with Crippen LogP contribution in [0.5, 0.6) is 0 Å². The van der Waals surface area contributed by atoms with Crippen LogP contribution in [-0.2, 0) is 26.2 Å². The molecule has 4 rings (SSSR count). The Balaban J connectivity index is 1.54. The maximum absolute atomic E-state index is 13.6. The number of carbonyl (C=O) groups excluding carboxylic acids is 2. The number of anilines is 1. The predicted molar refractivity (Wildman–Crippen MR) is 157 cm³/mol. The zero-order valence-corrected chi connectivity index (χ0v) is 24.6. The van der Waals surface area contributed by atoms with E-state index in [9.17, 15) is 18.0 Å². The molecule has 7 nitrogen and oxygen atoms in total. The first-order valence-electron chi connectivity index (χ1n) is 13.2. The Morgan fingerprint density at radius 3 is 2.41 bits per heavy atom. The highest BCUT2D eigenvalue weighted by atomic mass is 35.5. The number of benzene rings is 3. The maximum atomic E-state index is 13.6. The van der Waals surface area contributed by atoms with E-state index in [2.05, 4.69) is 5.32 Å². The molecule has 3 aromatic rings. The van der Waals surface area contributed by atoms with Crippen molar-refractivity contribution in [1.82, 2.24) is 10.2 Å². The molecule has 0 saturated heterocycles. The molecule has 1 heterocycles. The Hall–Kier alpha value is -2.81. The molecule has 1 aliphatic rings. The van der Waals surface area contributed by atoms with Crippen LogP contribution in [0.2, 0.25) is 10.0 Å². The highest BCUT2D eigenvalue weighted by molar-refractivity contribution is 7.93. The molecule has 10 heteroatoms. The molecule has 39 heavy (non-hydrogen) atoms. The molecule has 0 aromatic heterocycles. The first-order chi connectivity index (χ1) is 18.6. The summed E-state index contributed by atoms with van der Waals surface area (Å²) in [6.45, 7) is 6.04. The molecule has 0 aliphatic carbocycles. The summed E-state index contributed by atoms with van der Waals surface area (Å²) in [4.78, 5) is 28.6. The van der Waals surface area contributed by atoms with Gasteiger partial charge in [0.1, 0.15) is 6.04 Å². The van der Waals surface area contributed by atoms with Crippen molar-refractivity contribution in [3.63, 3.8) is 0 Å². The second-order valence-electron chi connectivity index (χ2n) is 9.81. The number of hydrogen-bond donors (Lipinski definition) is 1. The van der Waals surface area contributed by atoms with Gasteiger partial charge in [-0.2, -0.15) is 0 Å². The standard InChI is InChI=1S/C29H33Cl2N3O4S/c1-4-19(3)32-29(36)24(5-2)33(18-21-14-15-22(30)17-23(21)31)27(35)13-8-16-34-25-11-6-9-20-10-7-12-26(28(20)25)39(34,37)38/h6-7,9-12,14-15,17,19,24H,4-5,8,13,16,18H2,1-3H3,(H,32,36). The zero-order chi connectivity index (χ0) is 28.3. The van der Waals surface area contributed by atoms with Gasteiger partial charge in [-0.25, -0.2) is 8.42 Å². The number of nitrogens with zero attached hydrogens (tertiary/aromatic N) is 2. The molecule has 208 valence electrons. The van der Waals surface area contributed by atoms with E-state index < -0.39 is 16.1 Å². The molecule has 0 saturated carbocycles. The molecule has 0 spiro atoms. The van der Waals surface area contributed by atoms with E-state index in [1.54, 1.807) is 41.3 Å². The molecule has 0 radical (unpaired) electrons. The average molecular weight is 591 g/mol. The van der Waals surface area contributed by atoms with Gasteiger partial charge in [-0.05, 0) is 61.4 Å². The van der Waals surface area contributed by atoms with Crippen LogP contribution >= 0.6 is 23.2 Å². The molecule has 1 aliphatic heterocycles. The number of carbonyl (C=O) groups is 2. The number of rotatable bonds is 11. The van der Waals surface area contributed by atoms with Gasteiger partial charge < -0.3 is 10.2 Å². The van der Waals surface area contributed by atoms with Crippen LogP contribution in [0.1, 0.15) is 52.0 Å². The third-order valence-corrected chi connectivity index (χ3v) is 9.62. The lowest BCUT2D eigenvalue weighted by Gasteiger charge is -2.32. The molecule has 1 N–H and O–H groups in total. The summed E-state index contributed by atoms with van der Waals surface area (Å²) in [6.07, 6.45) is 1.53. The SMILES string of the molecule is CCC(C)NC(=O)C(CC)N(Cc1ccc(Cl)cc1Cl)C(=O)CCCN1c2cccc3cccc(c23)S1(=O)=O. The van der Waals surface area contributed by atoms with Crippen molar-refractivity contribution in [2.75, 3.05) is 10.8 Å². The Labute approximate surface area is 240 Å². The van der Waals surface area contributed by atoms with Crippen LogP contribution < -0.4 is 9.62 Å². The summed E-state index contributed by atoms with van der Waals surface area (Å²) in [5.74, 6) is -0.478. The highest BCUT2D eigenvalue weighted by Gasteiger charge is 2.35. The van der Waals surface area contributed by atoms with E-state index in [1.807, 2.05) is 39.0 Å². The molecule has 0 bridgehead atoms. The van der Waals surface area contributed by atoms with Crippen LogP contribution in [0.4, 0.5) is 5.69 Å². The largest absolute Gasteiger partial charge is 0.352 e. The summed E-state index contributed by atoms with van der Waals surface area (Å²) in [5, 5.41) is 5.43. The normalized spacial score (nSPS) is 15.3. The van der Waals surface area contributed by atoms with E-state index >= 15 is 0 Å². The minimum Gasteiger partial charge on any atom is -0.352 e. The fourth-order valence-corrected chi connectivity index (χ4v) is 7.13. The predicted octanol–water partition coefficient (Wildman–Crippen LogP) is 6.16. The molecular formula is C29H33Cl2N3O4S. The van der Waals surface area contributed by atoms with Crippen molar-refractivity contribution >= 4 is 61.5 Å². The van der Waals surface area contributed by atoms with Crippen molar-refractivity contribution in [2.45, 2.75) is 70.0 Å². The van der Waals surface area contributed by atoms with Gasteiger partial charge in [0.05, 0.1) is 10.6 Å². The van der Waals surface area contributed by atoms with Gasteiger partial charge >= 0.3 is 0 Å². The Kier molecular flexibility index (Phi) is 9.09. The van der Waals surface area contributed by atoms with Crippen molar-refractivity contribution in [1.29, 1.82) is 0 Å². The molecule has 3 aromatic carbocycles. The number of amides is 2. The smallest absolute Gasteiger partial charge is 0.265 e. The Bertz CT molecular complexity index is 1490. The van der Waals surface area contributed by atoms with Gasteiger partial charge in [0.2, 0.25) is 11.8 Å². The third kappa shape index (κ3) is 6.03. The lowest BCUT2D eigenvalue weighted by Crippen LogP contribution is -2.50. The van der Waals surface area contributed by atoms with Crippen molar-refractivity contribution < 1.29 is 18.0 Å². The lowest BCUT2D eigenvalue weighted by molar-refractivity contribution is -0.141. The fourth-order valence-electron chi connectivity index (χ4n) is 4.91. The van der Waals surface area contributed by atoms with Crippen LogP contribution in [0.25, 0.3) is 10.8 Å². The van der Waals surface area contributed by atoms with Crippen molar-refractivity contribution in [3.05, 3.63) is 70.2 Å². The summed E-state index contributed by atoms with van der Waals surface area (Å²) in [6, 6.07) is 15.1. The molecule has 2 unspecified atom stereocenters. The first-order valence-corrected chi connectivity index (χ1v) is 15.4. The molecular weight excluding hydrogens is 557 g/mol. The lowest BCUT2D eigenvalue weighted by atomic mass is 10.1. The van der Waals surface area contributed by atoms with Crippen molar-refractivity contribution in [2.24, 2.45) is 0 Å². The Morgan fingerprint density at radius 2 is 1.74 bits per heavy atom. The number of hydrogen-bond acceptors (Lipinski definition) is 4. The minimum absolute atomic E-state index is 0.0349. The maximum Gasteiger partial charge on any atom is 0.265 e. The van der Waals surface area contributed by atoms with Crippen LogP contribution in [0.15, 0.2) is 59.5 Å². The van der Waals surface area contributed by atoms with E-state index in [1.165, 1.54) is 4.31 Å². The second kappa shape index (κ2) is 12.1. The monoisotopic (exact) mass is 589 g/mol. The van der Waals surface area contributed by atoms with Gasteiger partial charge in [0, 0.05) is 41.0 Å². The van der Waals surface area contributed by atoms with E-state index in [0.717, 1.165) is 11.8 Å². The summed E-state index contributed by atoms with van der Waals surface area (Å²) in [5.41, 5.74) is 1.30.